The van der Waals surface area contributed by atoms with Gasteiger partial charge in [-0.2, -0.15) is 0 Å². The average molecular weight is 514 g/mol. The Bertz CT molecular complexity index is 1100. The van der Waals surface area contributed by atoms with Crippen LogP contribution < -0.4 is 9.62 Å². The van der Waals surface area contributed by atoms with Crippen LogP contribution in [0.5, 0.6) is 0 Å². The summed E-state index contributed by atoms with van der Waals surface area (Å²) in [5, 5.41) is 3.27. The molecule has 0 spiro atoms. The van der Waals surface area contributed by atoms with E-state index in [1.807, 2.05) is 51.1 Å². The lowest BCUT2D eigenvalue weighted by atomic mass is 10.1. The first-order valence-electron chi connectivity index (χ1n) is 10.3. The Morgan fingerprint density at radius 3 is 2.21 bits per heavy atom. The first-order chi connectivity index (χ1) is 15.2. The molecular weight excluding hydrogens is 485 g/mol. The molecule has 1 N–H and O–H groups in total. The summed E-state index contributed by atoms with van der Waals surface area (Å²) in [4.78, 5) is 27.7. The van der Waals surface area contributed by atoms with Crippen LogP contribution in [0, 0.1) is 0 Å². The predicted molar refractivity (Wildman–Crippen MR) is 133 cm³/mol. The Morgan fingerprint density at radius 2 is 1.67 bits per heavy atom. The fourth-order valence-electron chi connectivity index (χ4n) is 3.11. The average Bonchev–Trinajstić information content (AvgIpc) is 2.70. The molecule has 2 rings (SSSR count). The zero-order chi connectivity index (χ0) is 25.0. The van der Waals surface area contributed by atoms with E-state index in [0.717, 1.165) is 16.1 Å². The van der Waals surface area contributed by atoms with E-state index in [1.54, 1.807) is 6.92 Å². The van der Waals surface area contributed by atoms with Crippen molar-refractivity contribution >= 4 is 50.7 Å². The minimum Gasteiger partial charge on any atom is -0.350 e. The molecule has 7 nitrogen and oxygen atoms in total. The number of benzene rings is 2. The molecule has 33 heavy (non-hydrogen) atoms. The monoisotopic (exact) mass is 513 g/mol. The summed E-state index contributed by atoms with van der Waals surface area (Å²) in [6.07, 6.45) is 0.981. The number of hydrogen-bond acceptors (Lipinski definition) is 4. The fourth-order valence-corrected chi connectivity index (χ4v) is 4.40. The molecule has 0 unspecified atom stereocenters. The smallest absolute Gasteiger partial charge is 0.244 e. The number of sulfonamides is 1. The van der Waals surface area contributed by atoms with Gasteiger partial charge in [0.05, 0.1) is 17.0 Å². The van der Waals surface area contributed by atoms with Crippen LogP contribution in [-0.2, 0) is 26.2 Å². The minimum absolute atomic E-state index is 0.0893. The van der Waals surface area contributed by atoms with Crippen LogP contribution in [0.2, 0.25) is 10.0 Å². The molecule has 1 atom stereocenters. The highest BCUT2D eigenvalue weighted by atomic mass is 35.5. The van der Waals surface area contributed by atoms with E-state index >= 15 is 0 Å². The van der Waals surface area contributed by atoms with Crippen LogP contribution in [0.3, 0.4) is 0 Å². The van der Waals surface area contributed by atoms with Gasteiger partial charge in [-0.1, -0.05) is 53.5 Å². The topological polar surface area (TPSA) is 86.8 Å². The molecule has 0 aliphatic rings. The van der Waals surface area contributed by atoms with Gasteiger partial charge in [-0.25, -0.2) is 8.42 Å². The summed E-state index contributed by atoms with van der Waals surface area (Å²) in [5.41, 5.74) is 0.388. The second-order valence-electron chi connectivity index (χ2n) is 8.79. The van der Waals surface area contributed by atoms with E-state index in [-0.39, 0.29) is 28.2 Å². The third-order valence-corrected chi connectivity index (χ3v) is 6.40. The van der Waals surface area contributed by atoms with Crippen molar-refractivity contribution in [3.63, 3.8) is 0 Å². The fraction of sp³-hybridized carbons (Fsp3) is 0.391. The van der Waals surface area contributed by atoms with Crippen LogP contribution in [0.4, 0.5) is 5.69 Å². The van der Waals surface area contributed by atoms with E-state index in [9.17, 15) is 18.0 Å². The lowest BCUT2D eigenvalue weighted by Gasteiger charge is -2.33. The maximum absolute atomic E-state index is 13.4. The number of carbonyl (C=O) groups is 2. The van der Waals surface area contributed by atoms with Crippen molar-refractivity contribution < 1.29 is 18.0 Å². The number of anilines is 1. The molecule has 0 aliphatic carbocycles. The molecule has 2 aromatic rings. The highest BCUT2D eigenvalue weighted by molar-refractivity contribution is 7.92. The third-order valence-electron chi connectivity index (χ3n) is 4.72. The summed E-state index contributed by atoms with van der Waals surface area (Å²) in [5.74, 6) is -0.907. The molecule has 0 saturated heterocycles. The van der Waals surface area contributed by atoms with Crippen molar-refractivity contribution in [2.75, 3.05) is 17.1 Å². The number of nitrogens with zero attached hydrogens (tertiary/aromatic N) is 2. The van der Waals surface area contributed by atoms with Gasteiger partial charge in [0, 0.05) is 17.1 Å². The van der Waals surface area contributed by atoms with Crippen molar-refractivity contribution in [1.82, 2.24) is 10.2 Å². The van der Waals surface area contributed by atoms with Crippen molar-refractivity contribution in [2.24, 2.45) is 0 Å². The maximum atomic E-state index is 13.4. The highest BCUT2D eigenvalue weighted by Gasteiger charge is 2.32. The van der Waals surface area contributed by atoms with Crippen molar-refractivity contribution in [2.45, 2.75) is 45.8 Å². The molecular formula is C23H29Cl2N3O4S. The van der Waals surface area contributed by atoms with Gasteiger partial charge in [-0.05, 0) is 51.5 Å². The number of carbonyl (C=O) groups excluding carboxylic acids is 2. The molecule has 0 radical (unpaired) electrons. The van der Waals surface area contributed by atoms with E-state index in [2.05, 4.69) is 5.32 Å². The molecule has 2 amide bonds. The van der Waals surface area contributed by atoms with Gasteiger partial charge in [0.2, 0.25) is 21.8 Å². The zero-order valence-electron chi connectivity index (χ0n) is 19.3. The van der Waals surface area contributed by atoms with Gasteiger partial charge in [-0.3, -0.25) is 13.9 Å². The van der Waals surface area contributed by atoms with Gasteiger partial charge in [0.1, 0.15) is 12.6 Å². The second kappa shape index (κ2) is 10.8. The maximum Gasteiger partial charge on any atom is 0.244 e. The Balaban J connectivity index is 2.42. The van der Waals surface area contributed by atoms with Gasteiger partial charge >= 0.3 is 0 Å². The van der Waals surface area contributed by atoms with Crippen LogP contribution in [0.1, 0.15) is 33.3 Å². The minimum atomic E-state index is -3.89. The summed E-state index contributed by atoms with van der Waals surface area (Å²) < 4.78 is 26.1. The van der Waals surface area contributed by atoms with Crippen LogP contribution in [0.25, 0.3) is 0 Å². The zero-order valence-corrected chi connectivity index (χ0v) is 21.6. The van der Waals surface area contributed by atoms with Crippen LogP contribution >= 0.6 is 23.2 Å². The number of nitrogens with one attached hydrogen (secondary N) is 1. The van der Waals surface area contributed by atoms with Crippen molar-refractivity contribution in [1.29, 1.82) is 0 Å². The van der Waals surface area contributed by atoms with Crippen molar-refractivity contribution in [3.05, 3.63) is 64.1 Å². The molecule has 0 fully saturated rings. The van der Waals surface area contributed by atoms with Crippen LogP contribution in [0.15, 0.2) is 48.5 Å². The van der Waals surface area contributed by atoms with Gasteiger partial charge in [0.25, 0.3) is 0 Å². The van der Waals surface area contributed by atoms with E-state index in [1.165, 1.54) is 23.1 Å². The summed E-state index contributed by atoms with van der Waals surface area (Å²) in [6, 6.07) is 12.7. The van der Waals surface area contributed by atoms with E-state index < -0.39 is 34.1 Å². The normalized spacial score (nSPS) is 12.7. The number of halogens is 2. The molecule has 10 heteroatoms. The van der Waals surface area contributed by atoms with Crippen molar-refractivity contribution in [3.8, 4) is 0 Å². The molecule has 0 heterocycles. The Kier molecular flexibility index (Phi) is 8.79. The first kappa shape index (κ1) is 27.0. The molecule has 0 aromatic heterocycles. The lowest BCUT2D eigenvalue weighted by Crippen LogP contribution is -2.54. The van der Waals surface area contributed by atoms with Gasteiger partial charge in [0.15, 0.2) is 0 Å². The second-order valence-corrected chi connectivity index (χ2v) is 11.5. The number of rotatable bonds is 8. The number of amides is 2. The molecule has 2 aromatic carbocycles. The summed E-state index contributed by atoms with van der Waals surface area (Å²) in [7, 11) is -3.89. The predicted octanol–water partition coefficient (Wildman–Crippen LogP) is 4.09. The summed E-state index contributed by atoms with van der Waals surface area (Å²) >= 11 is 12.3. The summed E-state index contributed by atoms with van der Waals surface area (Å²) in [6.45, 7) is 6.71. The standard InChI is InChI=1S/C23H29Cl2N3O4S/c1-16(22(30)26-23(2,3)4)27(14-17-9-7-6-8-10-17)21(29)15-28(33(5,31)32)20-13-18(24)11-12-19(20)25/h6-13,16H,14-15H2,1-5H3,(H,26,30)/t16-/m0/s1. The molecule has 0 saturated carbocycles. The number of hydrogen-bond donors (Lipinski definition) is 1. The molecule has 0 aliphatic heterocycles. The van der Waals surface area contributed by atoms with Crippen LogP contribution in [-0.4, -0.2) is 49.5 Å². The van der Waals surface area contributed by atoms with Gasteiger partial charge < -0.3 is 10.2 Å². The molecule has 180 valence electrons. The van der Waals surface area contributed by atoms with Gasteiger partial charge in [-0.15, -0.1) is 0 Å². The Labute approximate surface area is 205 Å². The SMILES string of the molecule is C[C@@H](C(=O)NC(C)(C)C)N(Cc1ccccc1)C(=O)CN(c1cc(Cl)ccc1Cl)S(C)(=O)=O. The third kappa shape index (κ3) is 7.91. The largest absolute Gasteiger partial charge is 0.350 e. The van der Waals surface area contributed by atoms with E-state index in [4.69, 9.17) is 23.2 Å². The molecule has 0 bridgehead atoms. The highest BCUT2D eigenvalue weighted by Crippen LogP contribution is 2.31. The first-order valence-corrected chi connectivity index (χ1v) is 12.9. The van der Waals surface area contributed by atoms with E-state index in [0.29, 0.717) is 0 Å². The Morgan fingerprint density at radius 1 is 1.06 bits per heavy atom. The Hall–Kier alpha value is -2.29. The lowest BCUT2D eigenvalue weighted by molar-refractivity contribution is -0.140. The quantitative estimate of drug-likeness (QED) is 0.575.